The molecule has 3 heterocycles. The van der Waals surface area contributed by atoms with Crippen LogP contribution in [-0.2, 0) is 11.3 Å². The van der Waals surface area contributed by atoms with E-state index >= 15 is 0 Å². The predicted octanol–water partition coefficient (Wildman–Crippen LogP) is 3.71. The molecule has 0 spiro atoms. The highest BCUT2D eigenvalue weighted by atomic mass is 16.3. The van der Waals surface area contributed by atoms with Gasteiger partial charge in [0.05, 0.1) is 12.3 Å². The van der Waals surface area contributed by atoms with Gasteiger partial charge in [0.2, 0.25) is 5.91 Å². The number of amides is 1. The monoisotopic (exact) mass is 315 g/mol. The van der Waals surface area contributed by atoms with Crippen molar-refractivity contribution in [3.8, 4) is 0 Å². The topological polar surface area (TPSA) is 51.3 Å². The van der Waals surface area contributed by atoms with Crippen LogP contribution in [0.25, 0.3) is 0 Å². The minimum absolute atomic E-state index is 0.106. The van der Waals surface area contributed by atoms with E-state index in [0.29, 0.717) is 6.42 Å². The summed E-state index contributed by atoms with van der Waals surface area (Å²) < 4.78 is 7.68. The molecule has 3 rings (SSSR count). The molecule has 1 fully saturated rings. The Morgan fingerprint density at radius 1 is 1.39 bits per heavy atom. The van der Waals surface area contributed by atoms with E-state index in [4.69, 9.17) is 4.42 Å². The van der Waals surface area contributed by atoms with Crippen LogP contribution in [0.3, 0.4) is 0 Å². The largest absolute Gasteiger partial charge is 0.467 e. The number of hydrogen-bond acceptors (Lipinski definition) is 3. The van der Waals surface area contributed by atoms with Crippen LogP contribution in [0.1, 0.15) is 56.2 Å². The van der Waals surface area contributed by atoms with Crippen molar-refractivity contribution in [2.45, 2.75) is 58.0 Å². The van der Waals surface area contributed by atoms with E-state index in [-0.39, 0.29) is 11.9 Å². The first kappa shape index (κ1) is 15.8. The van der Waals surface area contributed by atoms with Gasteiger partial charge >= 0.3 is 0 Å². The van der Waals surface area contributed by atoms with E-state index in [1.54, 1.807) is 12.5 Å². The van der Waals surface area contributed by atoms with Crippen LogP contribution in [0.5, 0.6) is 0 Å². The summed E-state index contributed by atoms with van der Waals surface area (Å²) in [5.41, 5.74) is 0. The quantitative estimate of drug-likeness (QED) is 0.845. The van der Waals surface area contributed by atoms with Crippen molar-refractivity contribution >= 4 is 5.91 Å². The molecular formula is C18H25N3O2. The van der Waals surface area contributed by atoms with Gasteiger partial charge in [0.25, 0.3) is 0 Å². The van der Waals surface area contributed by atoms with Crippen molar-refractivity contribution in [2.24, 2.45) is 0 Å². The van der Waals surface area contributed by atoms with Crippen LogP contribution >= 0.6 is 0 Å². The van der Waals surface area contributed by atoms with E-state index in [9.17, 15) is 4.79 Å². The second-order valence-corrected chi connectivity index (χ2v) is 6.24. The highest BCUT2D eigenvalue weighted by Gasteiger charge is 2.28. The summed E-state index contributed by atoms with van der Waals surface area (Å²) in [6.07, 6.45) is 11.3. The number of hydrogen-bond donors (Lipinski definition) is 0. The average molecular weight is 315 g/mol. The normalized spacial score (nSPS) is 18.8. The van der Waals surface area contributed by atoms with Gasteiger partial charge in [0.1, 0.15) is 11.6 Å². The lowest BCUT2D eigenvalue weighted by Crippen LogP contribution is -2.34. The van der Waals surface area contributed by atoms with Crippen molar-refractivity contribution in [3.05, 3.63) is 42.4 Å². The van der Waals surface area contributed by atoms with Crippen LogP contribution in [0.2, 0.25) is 0 Å². The summed E-state index contributed by atoms with van der Waals surface area (Å²) in [7, 11) is 0. The Morgan fingerprint density at radius 2 is 2.30 bits per heavy atom. The number of aryl methyl sites for hydroxylation is 2. The highest BCUT2D eigenvalue weighted by Crippen LogP contribution is 2.31. The molecule has 5 nitrogen and oxygen atoms in total. The highest BCUT2D eigenvalue weighted by molar-refractivity contribution is 5.76. The van der Waals surface area contributed by atoms with E-state index in [2.05, 4.69) is 9.55 Å². The molecule has 0 bridgehead atoms. The molecule has 2 aromatic rings. The van der Waals surface area contributed by atoms with Gasteiger partial charge in [-0.25, -0.2) is 4.98 Å². The lowest BCUT2D eigenvalue weighted by atomic mass is 10.1. The predicted molar refractivity (Wildman–Crippen MR) is 87.8 cm³/mol. The maximum absolute atomic E-state index is 12.7. The number of nitrogens with zero attached hydrogens (tertiary/aromatic N) is 3. The SMILES string of the molecule is Cc1nccn1CCCC(=O)N1CCCCC[C@@H]1c1ccco1. The lowest BCUT2D eigenvalue weighted by Gasteiger charge is -2.28. The molecule has 0 unspecified atom stereocenters. The fourth-order valence-electron chi connectivity index (χ4n) is 3.37. The summed E-state index contributed by atoms with van der Waals surface area (Å²) in [6.45, 7) is 3.68. The van der Waals surface area contributed by atoms with Gasteiger partial charge in [-0.1, -0.05) is 12.8 Å². The number of furan rings is 1. The summed E-state index contributed by atoms with van der Waals surface area (Å²) in [6, 6.07) is 4.01. The maximum Gasteiger partial charge on any atom is 0.223 e. The molecule has 0 saturated carbocycles. The zero-order valence-corrected chi connectivity index (χ0v) is 13.8. The first-order chi connectivity index (χ1) is 11.3. The summed E-state index contributed by atoms with van der Waals surface area (Å²) in [5.74, 6) is 2.16. The van der Waals surface area contributed by atoms with Gasteiger partial charge < -0.3 is 13.9 Å². The molecular weight excluding hydrogens is 290 g/mol. The molecule has 5 heteroatoms. The second-order valence-electron chi connectivity index (χ2n) is 6.24. The van der Waals surface area contributed by atoms with Crippen molar-refractivity contribution in [1.29, 1.82) is 0 Å². The molecule has 2 aromatic heterocycles. The maximum atomic E-state index is 12.7. The Labute approximate surface area is 137 Å². The Bertz CT molecular complexity index is 618. The molecule has 23 heavy (non-hydrogen) atoms. The van der Waals surface area contributed by atoms with Crippen molar-refractivity contribution < 1.29 is 9.21 Å². The van der Waals surface area contributed by atoms with Crippen LogP contribution in [-0.4, -0.2) is 26.9 Å². The molecule has 124 valence electrons. The third kappa shape index (κ3) is 3.84. The number of carbonyl (C=O) groups excluding carboxylic acids is 1. The van der Waals surface area contributed by atoms with Crippen molar-refractivity contribution in [3.63, 3.8) is 0 Å². The second kappa shape index (κ2) is 7.49. The minimum Gasteiger partial charge on any atom is -0.467 e. The molecule has 0 N–H and O–H groups in total. The Balaban J connectivity index is 1.60. The van der Waals surface area contributed by atoms with Crippen molar-refractivity contribution in [1.82, 2.24) is 14.5 Å². The number of likely N-dealkylation sites (tertiary alicyclic amines) is 1. The Hall–Kier alpha value is -2.04. The molecule has 0 aromatic carbocycles. The van der Waals surface area contributed by atoms with E-state index in [0.717, 1.165) is 50.4 Å². The van der Waals surface area contributed by atoms with E-state index in [1.165, 1.54) is 6.42 Å². The molecule has 0 radical (unpaired) electrons. The molecule has 1 aliphatic rings. The zero-order chi connectivity index (χ0) is 16.1. The van der Waals surface area contributed by atoms with E-state index in [1.807, 2.05) is 30.2 Å². The van der Waals surface area contributed by atoms with Crippen LogP contribution < -0.4 is 0 Å². The lowest BCUT2D eigenvalue weighted by molar-refractivity contribution is -0.134. The molecule has 1 atom stereocenters. The van der Waals surface area contributed by atoms with Crippen LogP contribution in [0.4, 0.5) is 0 Å². The third-order valence-electron chi connectivity index (χ3n) is 4.66. The number of aromatic nitrogens is 2. The average Bonchev–Trinajstić information content (AvgIpc) is 3.14. The van der Waals surface area contributed by atoms with Gasteiger partial charge in [-0.15, -0.1) is 0 Å². The number of rotatable bonds is 5. The molecule has 0 aliphatic carbocycles. The Morgan fingerprint density at radius 3 is 3.04 bits per heavy atom. The van der Waals surface area contributed by atoms with Gasteiger partial charge in [-0.2, -0.15) is 0 Å². The van der Waals surface area contributed by atoms with Gasteiger partial charge in [0, 0.05) is 31.9 Å². The summed E-state index contributed by atoms with van der Waals surface area (Å²) in [5, 5.41) is 0. The molecule has 1 amide bonds. The first-order valence-corrected chi connectivity index (χ1v) is 8.56. The van der Waals surface area contributed by atoms with Crippen LogP contribution in [0, 0.1) is 6.92 Å². The first-order valence-electron chi connectivity index (χ1n) is 8.56. The van der Waals surface area contributed by atoms with Crippen molar-refractivity contribution in [2.75, 3.05) is 6.54 Å². The third-order valence-corrected chi connectivity index (χ3v) is 4.66. The zero-order valence-electron chi connectivity index (χ0n) is 13.8. The smallest absolute Gasteiger partial charge is 0.223 e. The fraction of sp³-hybridized carbons (Fsp3) is 0.556. The summed E-state index contributed by atoms with van der Waals surface area (Å²) in [4.78, 5) is 19.0. The number of carbonyl (C=O) groups is 1. The van der Waals surface area contributed by atoms with E-state index < -0.39 is 0 Å². The van der Waals surface area contributed by atoms with Crippen LogP contribution in [0.15, 0.2) is 35.2 Å². The van der Waals surface area contributed by atoms with Gasteiger partial charge in [-0.3, -0.25) is 4.79 Å². The number of imidazole rings is 1. The minimum atomic E-state index is 0.106. The standard InChI is InChI=1S/C18H25N3O2/c1-15-19-10-13-20(15)11-5-9-18(22)21-12-4-2-3-7-16(21)17-8-6-14-23-17/h6,8,10,13-14,16H,2-5,7,9,11-12H2,1H3/t16-/m1/s1. The molecule has 1 saturated heterocycles. The Kier molecular flexibility index (Phi) is 5.16. The van der Waals surface area contributed by atoms with Gasteiger partial charge in [-0.05, 0) is 38.3 Å². The fourth-order valence-corrected chi connectivity index (χ4v) is 3.37. The van der Waals surface area contributed by atoms with Gasteiger partial charge in [0.15, 0.2) is 0 Å². The summed E-state index contributed by atoms with van der Waals surface area (Å²) >= 11 is 0. The molecule has 1 aliphatic heterocycles.